The van der Waals surface area contributed by atoms with Crippen molar-refractivity contribution in [2.75, 3.05) is 52.5 Å². The van der Waals surface area contributed by atoms with Crippen LogP contribution in [0.1, 0.15) is 94.4 Å². The standard InChI is InChI=1S/C42H56N4O6/c1-11-28-17-29-22-43-32-20-37(35(49-9)18-30(32)39(47)45(29)24-28)52-25-42(6,7)13-12-41(4,5)14-15-51-38-21-34-31(19-36(38)50-10)40(48)46-23-26(2)16-33(46)27(3)44(34)8/h11,18-22,27,29,33H,2,12-17,23-25H2,1,3-10H3/b28-11+/t27?,29-,33-/m0/s1. The van der Waals surface area contributed by atoms with Gasteiger partial charge in [-0.25, -0.2) is 0 Å². The molecule has 0 bridgehead atoms. The van der Waals surface area contributed by atoms with Gasteiger partial charge in [0, 0.05) is 44.5 Å². The Morgan fingerprint density at radius 3 is 2.19 bits per heavy atom. The van der Waals surface area contributed by atoms with E-state index in [1.54, 1.807) is 20.3 Å². The van der Waals surface area contributed by atoms with E-state index < -0.39 is 0 Å². The number of anilines is 1. The molecule has 2 aromatic carbocycles. The average molecular weight is 713 g/mol. The van der Waals surface area contributed by atoms with Crippen LogP contribution >= 0.6 is 0 Å². The van der Waals surface area contributed by atoms with Crippen molar-refractivity contribution >= 4 is 29.4 Å². The molecule has 4 heterocycles. The van der Waals surface area contributed by atoms with Gasteiger partial charge in [-0.3, -0.25) is 14.6 Å². The Balaban J connectivity index is 1.06. The van der Waals surface area contributed by atoms with Crippen molar-refractivity contribution in [1.29, 1.82) is 0 Å². The molecule has 3 atom stereocenters. The van der Waals surface area contributed by atoms with Crippen molar-refractivity contribution < 1.29 is 28.5 Å². The topological polar surface area (TPSA) is 93.1 Å². The Hall–Kier alpha value is -4.47. The van der Waals surface area contributed by atoms with Gasteiger partial charge in [0.25, 0.3) is 11.8 Å². The molecule has 2 fully saturated rings. The molecular weight excluding hydrogens is 656 g/mol. The van der Waals surface area contributed by atoms with Crippen molar-refractivity contribution in [3.05, 3.63) is 59.2 Å². The minimum absolute atomic E-state index is 0.00164. The highest BCUT2D eigenvalue weighted by Gasteiger charge is 2.41. The molecule has 280 valence electrons. The first-order valence-corrected chi connectivity index (χ1v) is 18.5. The number of hydrogen-bond donors (Lipinski definition) is 0. The Labute approximate surface area is 309 Å². The van der Waals surface area contributed by atoms with Gasteiger partial charge < -0.3 is 33.6 Å². The highest BCUT2D eigenvalue weighted by atomic mass is 16.5. The predicted molar refractivity (Wildman–Crippen MR) is 206 cm³/mol. The molecular formula is C42H56N4O6. The van der Waals surface area contributed by atoms with E-state index in [4.69, 9.17) is 23.9 Å². The lowest BCUT2D eigenvalue weighted by Gasteiger charge is -2.32. The third-order valence-corrected chi connectivity index (χ3v) is 11.6. The van der Waals surface area contributed by atoms with Crippen molar-refractivity contribution in [3.8, 4) is 23.0 Å². The normalized spacial score (nSPS) is 22.2. The number of benzene rings is 2. The Morgan fingerprint density at radius 2 is 1.50 bits per heavy atom. The minimum atomic E-state index is -0.130. The van der Waals surface area contributed by atoms with E-state index in [2.05, 4.69) is 52.2 Å². The predicted octanol–water partition coefficient (Wildman–Crippen LogP) is 7.87. The fourth-order valence-electron chi connectivity index (χ4n) is 7.75. The fraction of sp³-hybridized carbons (Fsp3) is 0.548. The van der Waals surface area contributed by atoms with Gasteiger partial charge in [0.2, 0.25) is 0 Å². The molecule has 4 aliphatic heterocycles. The van der Waals surface area contributed by atoms with Crippen LogP contribution in [0.4, 0.5) is 11.4 Å². The number of nitrogens with zero attached hydrogens (tertiary/aromatic N) is 4. The highest BCUT2D eigenvalue weighted by Crippen LogP contribution is 2.43. The van der Waals surface area contributed by atoms with Crippen LogP contribution < -0.4 is 23.8 Å². The molecule has 52 heavy (non-hydrogen) atoms. The molecule has 2 amide bonds. The summed E-state index contributed by atoms with van der Waals surface area (Å²) in [5, 5.41) is 0. The van der Waals surface area contributed by atoms with Crippen molar-refractivity contribution in [2.45, 2.75) is 91.8 Å². The summed E-state index contributed by atoms with van der Waals surface area (Å²) in [6.07, 6.45) is 8.35. The molecule has 10 nitrogen and oxygen atoms in total. The van der Waals surface area contributed by atoms with E-state index in [0.29, 0.717) is 66.1 Å². The first-order valence-electron chi connectivity index (χ1n) is 18.5. The summed E-state index contributed by atoms with van der Waals surface area (Å²) in [7, 11) is 5.27. The number of amides is 2. The Kier molecular flexibility index (Phi) is 10.4. The van der Waals surface area contributed by atoms with Crippen molar-refractivity contribution in [1.82, 2.24) is 9.80 Å². The maximum absolute atomic E-state index is 13.7. The largest absolute Gasteiger partial charge is 0.493 e. The van der Waals surface area contributed by atoms with Crippen LogP contribution in [-0.4, -0.2) is 93.5 Å². The number of ether oxygens (including phenoxy) is 4. The van der Waals surface area contributed by atoms with Crippen LogP contribution in [0.2, 0.25) is 0 Å². The third kappa shape index (κ3) is 7.39. The smallest absolute Gasteiger partial charge is 0.257 e. The number of rotatable bonds is 12. The number of likely N-dealkylation sites (N-methyl/N-ethyl adjacent to an activating group) is 1. The SMILES string of the molecule is C=C1C[C@H]2C(C)N(C)c3cc(OCCC(C)(C)CCC(C)(C)COc4cc5c(cc4OC)C(=O)N4C/C(=C/C)C[C@H]4C=N5)c(OC)cc3C(=O)N2C1. The summed E-state index contributed by atoms with van der Waals surface area (Å²) in [6.45, 7) is 19.5. The molecule has 0 aliphatic carbocycles. The summed E-state index contributed by atoms with van der Waals surface area (Å²) in [5.74, 6) is 2.31. The molecule has 2 aromatic rings. The van der Waals surface area contributed by atoms with Crippen molar-refractivity contribution in [2.24, 2.45) is 15.8 Å². The Morgan fingerprint density at radius 1 is 0.846 bits per heavy atom. The number of carbonyl (C=O) groups excluding carboxylic acids is 2. The number of fused-ring (bicyclic) bond motifs is 4. The number of allylic oxidation sites excluding steroid dienone is 1. The molecule has 0 saturated carbocycles. The average Bonchev–Trinajstić information content (AvgIpc) is 3.69. The zero-order valence-corrected chi connectivity index (χ0v) is 32.5. The molecule has 0 radical (unpaired) electrons. The fourth-order valence-corrected chi connectivity index (χ4v) is 7.75. The number of hydrogen-bond acceptors (Lipinski definition) is 8. The monoisotopic (exact) mass is 712 g/mol. The van der Waals surface area contributed by atoms with Crippen LogP contribution in [0.3, 0.4) is 0 Å². The minimum Gasteiger partial charge on any atom is -0.493 e. The molecule has 0 N–H and O–H groups in total. The van der Waals surface area contributed by atoms with E-state index in [0.717, 1.165) is 43.4 Å². The summed E-state index contributed by atoms with van der Waals surface area (Å²) in [6, 6.07) is 7.61. The molecule has 6 rings (SSSR count). The maximum atomic E-state index is 13.7. The highest BCUT2D eigenvalue weighted by molar-refractivity contribution is 6.04. The number of aliphatic imine (C=N–C) groups is 1. The summed E-state index contributed by atoms with van der Waals surface area (Å²) in [5.41, 5.74) is 4.86. The van der Waals surface area contributed by atoms with Gasteiger partial charge in [-0.15, -0.1) is 0 Å². The lowest BCUT2D eigenvalue weighted by atomic mass is 9.78. The van der Waals surface area contributed by atoms with Gasteiger partial charge in [0.15, 0.2) is 23.0 Å². The number of methoxy groups -OCH3 is 2. The van der Waals surface area contributed by atoms with Crippen LogP contribution in [0, 0.1) is 10.8 Å². The van der Waals surface area contributed by atoms with Gasteiger partial charge in [0.1, 0.15) is 0 Å². The van der Waals surface area contributed by atoms with E-state index >= 15 is 0 Å². The molecule has 2 saturated heterocycles. The van der Waals surface area contributed by atoms with Gasteiger partial charge in [-0.05, 0) is 68.9 Å². The first-order chi connectivity index (χ1) is 24.6. The van der Waals surface area contributed by atoms with Crippen LogP contribution in [0.5, 0.6) is 23.0 Å². The summed E-state index contributed by atoms with van der Waals surface area (Å²) >= 11 is 0. The van der Waals surface area contributed by atoms with Crippen LogP contribution in [-0.2, 0) is 0 Å². The lowest BCUT2D eigenvalue weighted by Crippen LogP contribution is -2.45. The zero-order valence-electron chi connectivity index (χ0n) is 32.5. The van der Waals surface area contributed by atoms with Crippen molar-refractivity contribution in [3.63, 3.8) is 0 Å². The molecule has 10 heteroatoms. The second-order valence-electron chi connectivity index (χ2n) is 16.5. The Bertz CT molecular complexity index is 1790. The molecule has 1 unspecified atom stereocenters. The number of carbonyl (C=O) groups is 2. The van der Waals surface area contributed by atoms with Gasteiger partial charge in [-0.1, -0.05) is 51.5 Å². The van der Waals surface area contributed by atoms with E-state index in [9.17, 15) is 9.59 Å². The molecule has 4 aliphatic rings. The maximum Gasteiger partial charge on any atom is 0.257 e. The summed E-state index contributed by atoms with van der Waals surface area (Å²) < 4.78 is 24.2. The second kappa shape index (κ2) is 14.5. The summed E-state index contributed by atoms with van der Waals surface area (Å²) in [4.78, 5) is 37.9. The van der Waals surface area contributed by atoms with Crippen LogP contribution in [0.15, 0.2) is 53.1 Å². The quantitative estimate of drug-likeness (QED) is 0.207. The molecule has 0 spiro atoms. The van der Waals surface area contributed by atoms with E-state index in [1.807, 2.05) is 48.2 Å². The van der Waals surface area contributed by atoms with Gasteiger partial charge >= 0.3 is 0 Å². The van der Waals surface area contributed by atoms with Crippen LogP contribution in [0.25, 0.3) is 0 Å². The second-order valence-corrected chi connectivity index (χ2v) is 16.5. The lowest BCUT2D eigenvalue weighted by molar-refractivity contribution is 0.0732. The van der Waals surface area contributed by atoms with Gasteiger partial charge in [-0.2, -0.15) is 0 Å². The first kappa shape index (κ1) is 37.3. The van der Waals surface area contributed by atoms with Gasteiger partial charge in [0.05, 0.1) is 62.0 Å². The zero-order chi connectivity index (χ0) is 37.5. The van der Waals surface area contributed by atoms with E-state index in [1.165, 1.54) is 5.57 Å². The molecule has 0 aromatic heterocycles. The third-order valence-electron chi connectivity index (χ3n) is 11.6. The van der Waals surface area contributed by atoms with E-state index in [-0.39, 0.29) is 40.8 Å².